The van der Waals surface area contributed by atoms with Crippen LogP contribution in [0.3, 0.4) is 0 Å². The molecule has 0 saturated carbocycles. The van der Waals surface area contributed by atoms with Crippen LogP contribution in [-0.4, -0.2) is 37.1 Å². The third-order valence-corrected chi connectivity index (χ3v) is 2.81. The molecular weight excluding hydrogens is 242 g/mol. The van der Waals surface area contributed by atoms with E-state index in [9.17, 15) is 4.79 Å². The van der Waals surface area contributed by atoms with E-state index < -0.39 is 0 Å². The lowest BCUT2D eigenvalue weighted by Gasteiger charge is -2.26. The summed E-state index contributed by atoms with van der Waals surface area (Å²) >= 11 is 0. The molecular formula is C14H15N3O2. The molecule has 2 rings (SSSR count). The quantitative estimate of drug-likeness (QED) is 0.656. The van der Waals surface area contributed by atoms with Crippen LogP contribution in [-0.2, 0) is 9.53 Å². The standard InChI is InChI=1S/C14H15N3O2/c15-10-12(11-16-13-4-2-1-3-5-13)14(18)17-6-8-19-9-7-17/h1-5,11,16H,6-9H2/b12-11-. The lowest BCUT2D eigenvalue weighted by Crippen LogP contribution is -2.41. The Morgan fingerprint density at radius 3 is 2.63 bits per heavy atom. The SMILES string of the molecule is N#C/C(=C/Nc1ccccc1)C(=O)N1CCOCC1. The summed E-state index contributed by atoms with van der Waals surface area (Å²) < 4.78 is 5.18. The highest BCUT2D eigenvalue weighted by atomic mass is 16.5. The fourth-order valence-electron chi connectivity index (χ4n) is 1.77. The summed E-state index contributed by atoms with van der Waals surface area (Å²) in [4.78, 5) is 13.7. The summed E-state index contributed by atoms with van der Waals surface area (Å²) in [5.41, 5.74) is 0.941. The monoisotopic (exact) mass is 257 g/mol. The highest BCUT2D eigenvalue weighted by molar-refractivity contribution is 5.97. The maximum absolute atomic E-state index is 12.1. The summed E-state index contributed by atoms with van der Waals surface area (Å²) in [5.74, 6) is -0.255. The zero-order chi connectivity index (χ0) is 13.5. The Morgan fingerprint density at radius 1 is 1.32 bits per heavy atom. The Morgan fingerprint density at radius 2 is 2.00 bits per heavy atom. The van der Waals surface area contributed by atoms with E-state index in [1.54, 1.807) is 4.90 Å². The number of nitrogens with zero attached hydrogens (tertiary/aromatic N) is 2. The predicted octanol–water partition coefficient (Wildman–Crippen LogP) is 1.36. The van der Waals surface area contributed by atoms with Gasteiger partial charge in [0.25, 0.3) is 5.91 Å². The number of ether oxygens (including phenoxy) is 1. The molecule has 0 bridgehead atoms. The van der Waals surface area contributed by atoms with E-state index in [2.05, 4.69) is 5.32 Å². The predicted molar refractivity (Wildman–Crippen MR) is 71.2 cm³/mol. The van der Waals surface area contributed by atoms with Crippen LogP contribution in [0.25, 0.3) is 0 Å². The first-order chi connectivity index (χ1) is 9.31. The van der Waals surface area contributed by atoms with Gasteiger partial charge in [0.15, 0.2) is 0 Å². The van der Waals surface area contributed by atoms with Crippen LogP contribution in [0.1, 0.15) is 0 Å². The molecule has 1 fully saturated rings. The van der Waals surface area contributed by atoms with Crippen LogP contribution in [0.4, 0.5) is 5.69 Å². The molecule has 1 heterocycles. The van der Waals surface area contributed by atoms with E-state index >= 15 is 0 Å². The van der Waals surface area contributed by atoms with E-state index in [-0.39, 0.29) is 11.5 Å². The molecule has 1 aliphatic rings. The van der Waals surface area contributed by atoms with Crippen LogP contribution < -0.4 is 5.32 Å². The van der Waals surface area contributed by atoms with Crippen LogP contribution >= 0.6 is 0 Å². The average molecular weight is 257 g/mol. The Kier molecular flexibility index (Phi) is 4.54. The van der Waals surface area contributed by atoms with Gasteiger partial charge in [-0.3, -0.25) is 4.79 Å². The third kappa shape index (κ3) is 3.57. The number of benzene rings is 1. The molecule has 98 valence electrons. The van der Waals surface area contributed by atoms with Gasteiger partial charge in [-0.2, -0.15) is 5.26 Å². The smallest absolute Gasteiger partial charge is 0.266 e. The zero-order valence-electron chi connectivity index (χ0n) is 10.5. The summed E-state index contributed by atoms with van der Waals surface area (Å²) in [6.07, 6.45) is 1.45. The second kappa shape index (κ2) is 6.57. The molecule has 5 heteroatoms. The minimum atomic E-state index is -0.255. The van der Waals surface area contributed by atoms with E-state index in [0.29, 0.717) is 26.3 Å². The van der Waals surface area contributed by atoms with Gasteiger partial charge in [0.2, 0.25) is 0 Å². The highest BCUT2D eigenvalue weighted by Crippen LogP contribution is 2.08. The Bertz CT molecular complexity index is 499. The van der Waals surface area contributed by atoms with E-state index in [1.807, 2.05) is 36.4 Å². The number of carbonyl (C=O) groups excluding carboxylic acids is 1. The first kappa shape index (κ1) is 13.1. The number of anilines is 1. The molecule has 0 aromatic heterocycles. The maximum atomic E-state index is 12.1. The molecule has 1 aliphatic heterocycles. The average Bonchev–Trinajstić information content (AvgIpc) is 2.49. The van der Waals surface area contributed by atoms with Crippen molar-refractivity contribution in [2.24, 2.45) is 0 Å². The number of morpholine rings is 1. The van der Waals surface area contributed by atoms with Gasteiger partial charge in [-0.05, 0) is 12.1 Å². The van der Waals surface area contributed by atoms with Gasteiger partial charge in [0.05, 0.1) is 13.2 Å². The normalized spacial score (nSPS) is 15.7. The molecule has 1 aromatic carbocycles. The van der Waals surface area contributed by atoms with Crippen molar-refractivity contribution in [1.29, 1.82) is 5.26 Å². The minimum absolute atomic E-state index is 0.103. The van der Waals surface area contributed by atoms with Gasteiger partial charge in [0.1, 0.15) is 11.6 Å². The third-order valence-electron chi connectivity index (χ3n) is 2.81. The van der Waals surface area contributed by atoms with Crippen molar-refractivity contribution in [3.8, 4) is 6.07 Å². The van der Waals surface area contributed by atoms with E-state index in [1.165, 1.54) is 6.20 Å². The lowest BCUT2D eigenvalue weighted by molar-refractivity contribution is -0.130. The van der Waals surface area contributed by atoms with Crippen molar-refractivity contribution in [3.05, 3.63) is 42.1 Å². The number of nitrogens with one attached hydrogen (secondary N) is 1. The number of nitriles is 1. The molecule has 1 N–H and O–H groups in total. The van der Waals surface area contributed by atoms with Crippen LogP contribution in [0, 0.1) is 11.3 Å². The van der Waals surface area contributed by atoms with E-state index in [0.717, 1.165) is 5.69 Å². The number of hydrogen-bond donors (Lipinski definition) is 1. The molecule has 0 radical (unpaired) electrons. The highest BCUT2D eigenvalue weighted by Gasteiger charge is 2.20. The number of rotatable bonds is 3. The molecule has 1 aromatic rings. The van der Waals surface area contributed by atoms with Gasteiger partial charge in [-0.25, -0.2) is 0 Å². The fraction of sp³-hybridized carbons (Fsp3) is 0.286. The zero-order valence-corrected chi connectivity index (χ0v) is 10.5. The summed E-state index contributed by atoms with van der Waals surface area (Å²) in [7, 11) is 0. The number of para-hydroxylation sites is 1. The summed E-state index contributed by atoms with van der Waals surface area (Å²) in [5, 5.41) is 12.0. The van der Waals surface area contributed by atoms with Gasteiger partial charge >= 0.3 is 0 Å². The summed E-state index contributed by atoms with van der Waals surface area (Å²) in [6.45, 7) is 2.11. The van der Waals surface area contributed by atoms with Gasteiger partial charge in [-0.15, -0.1) is 0 Å². The van der Waals surface area contributed by atoms with Crippen molar-refractivity contribution in [1.82, 2.24) is 4.90 Å². The molecule has 0 atom stereocenters. The number of carbonyl (C=O) groups is 1. The maximum Gasteiger partial charge on any atom is 0.266 e. The summed E-state index contributed by atoms with van der Waals surface area (Å²) in [6, 6.07) is 11.3. The largest absolute Gasteiger partial charge is 0.378 e. The molecule has 1 saturated heterocycles. The van der Waals surface area contributed by atoms with Crippen LogP contribution in [0.2, 0.25) is 0 Å². The first-order valence-corrected chi connectivity index (χ1v) is 6.10. The van der Waals surface area contributed by atoms with Crippen LogP contribution in [0.15, 0.2) is 42.1 Å². The Labute approximate surface area is 112 Å². The topological polar surface area (TPSA) is 65.4 Å². The van der Waals surface area contributed by atoms with Crippen molar-refractivity contribution in [2.45, 2.75) is 0 Å². The van der Waals surface area contributed by atoms with Crippen LogP contribution in [0.5, 0.6) is 0 Å². The van der Waals surface area contributed by atoms with Crippen molar-refractivity contribution < 1.29 is 9.53 Å². The molecule has 0 aliphatic carbocycles. The molecule has 1 amide bonds. The number of hydrogen-bond acceptors (Lipinski definition) is 4. The molecule has 0 unspecified atom stereocenters. The molecule has 19 heavy (non-hydrogen) atoms. The molecule has 5 nitrogen and oxygen atoms in total. The number of amides is 1. The first-order valence-electron chi connectivity index (χ1n) is 6.10. The van der Waals surface area contributed by atoms with Gasteiger partial charge in [0, 0.05) is 25.0 Å². The second-order valence-corrected chi connectivity index (χ2v) is 4.08. The minimum Gasteiger partial charge on any atom is -0.378 e. The Balaban J connectivity index is 2.03. The molecule has 0 spiro atoms. The van der Waals surface area contributed by atoms with E-state index in [4.69, 9.17) is 10.00 Å². The van der Waals surface area contributed by atoms with Crippen molar-refractivity contribution in [2.75, 3.05) is 31.6 Å². The second-order valence-electron chi connectivity index (χ2n) is 4.08. The fourth-order valence-corrected chi connectivity index (χ4v) is 1.77. The van der Waals surface area contributed by atoms with Gasteiger partial charge in [-0.1, -0.05) is 18.2 Å². The lowest BCUT2D eigenvalue weighted by atomic mass is 10.2. The van der Waals surface area contributed by atoms with Gasteiger partial charge < -0.3 is 15.0 Å². The Hall–Kier alpha value is -2.32. The van der Waals surface area contributed by atoms with Crippen molar-refractivity contribution in [3.63, 3.8) is 0 Å². The van der Waals surface area contributed by atoms with Crippen molar-refractivity contribution >= 4 is 11.6 Å².